The Hall–Kier alpha value is -1.46. The summed E-state index contributed by atoms with van der Waals surface area (Å²) in [4.78, 5) is 4.29. The van der Waals surface area contributed by atoms with Crippen molar-refractivity contribution in [2.75, 3.05) is 7.05 Å². The van der Waals surface area contributed by atoms with Gasteiger partial charge in [0, 0.05) is 5.39 Å². The van der Waals surface area contributed by atoms with Crippen molar-refractivity contribution in [3.05, 3.63) is 42.1 Å². The molecule has 0 unspecified atom stereocenters. The van der Waals surface area contributed by atoms with Gasteiger partial charge in [-0.25, -0.2) is 13.1 Å². The molecule has 0 aliphatic rings. The summed E-state index contributed by atoms with van der Waals surface area (Å²) in [5.74, 6) is -0.0890. The van der Waals surface area contributed by atoms with E-state index in [0.29, 0.717) is 5.69 Å². The number of nitrogens with one attached hydrogen (secondary N) is 1. The van der Waals surface area contributed by atoms with Crippen LogP contribution in [0.15, 0.2) is 36.4 Å². The molecule has 84 valence electrons. The lowest BCUT2D eigenvalue weighted by molar-refractivity contribution is 0.587. The molecule has 0 bridgehead atoms. The highest BCUT2D eigenvalue weighted by Gasteiger charge is 2.09. The fourth-order valence-electron chi connectivity index (χ4n) is 1.46. The molecule has 16 heavy (non-hydrogen) atoms. The van der Waals surface area contributed by atoms with E-state index in [1.54, 1.807) is 6.07 Å². The lowest BCUT2D eigenvalue weighted by Gasteiger charge is -2.03. The highest BCUT2D eigenvalue weighted by atomic mass is 32.2. The normalized spacial score (nSPS) is 11.8. The molecule has 1 aromatic heterocycles. The molecule has 0 aliphatic heterocycles. The van der Waals surface area contributed by atoms with E-state index in [1.807, 2.05) is 30.3 Å². The van der Waals surface area contributed by atoms with Gasteiger partial charge in [0.25, 0.3) is 0 Å². The zero-order valence-electron chi connectivity index (χ0n) is 8.84. The topological polar surface area (TPSA) is 59.1 Å². The van der Waals surface area contributed by atoms with E-state index in [-0.39, 0.29) is 5.75 Å². The molecule has 0 radical (unpaired) electrons. The van der Waals surface area contributed by atoms with Gasteiger partial charge in [-0.05, 0) is 19.2 Å². The summed E-state index contributed by atoms with van der Waals surface area (Å²) in [5.41, 5.74) is 1.36. The van der Waals surface area contributed by atoms with E-state index < -0.39 is 10.0 Å². The molecule has 0 amide bonds. The van der Waals surface area contributed by atoms with Crippen molar-refractivity contribution < 1.29 is 8.42 Å². The Morgan fingerprint density at radius 1 is 1.19 bits per heavy atom. The van der Waals surface area contributed by atoms with Crippen LogP contribution in [0.4, 0.5) is 0 Å². The largest absolute Gasteiger partial charge is 0.252 e. The third kappa shape index (κ3) is 2.37. The summed E-state index contributed by atoms with van der Waals surface area (Å²) in [7, 11) is -1.85. The number of hydrogen-bond donors (Lipinski definition) is 1. The van der Waals surface area contributed by atoms with Crippen LogP contribution < -0.4 is 4.72 Å². The summed E-state index contributed by atoms with van der Waals surface area (Å²) in [6, 6.07) is 11.2. The van der Waals surface area contributed by atoms with Crippen LogP contribution in [0.3, 0.4) is 0 Å². The van der Waals surface area contributed by atoms with E-state index in [2.05, 4.69) is 9.71 Å². The number of aromatic nitrogens is 1. The zero-order valence-corrected chi connectivity index (χ0v) is 9.66. The first-order valence-corrected chi connectivity index (χ1v) is 6.52. The SMILES string of the molecule is CNS(=O)(=O)Cc1ccc2ccccc2n1. The molecule has 0 saturated heterocycles. The number of sulfonamides is 1. The van der Waals surface area contributed by atoms with Crippen LogP contribution in [-0.4, -0.2) is 20.4 Å². The van der Waals surface area contributed by atoms with Crippen molar-refractivity contribution in [1.29, 1.82) is 0 Å². The maximum absolute atomic E-state index is 11.4. The molecule has 0 atom stereocenters. The van der Waals surface area contributed by atoms with Crippen molar-refractivity contribution in [2.24, 2.45) is 0 Å². The molecule has 2 rings (SSSR count). The maximum atomic E-state index is 11.4. The summed E-state index contributed by atoms with van der Waals surface area (Å²) < 4.78 is 25.0. The number of para-hydroxylation sites is 1. The highest BCUT2D eigenvalue weighted by molar-refractivity contribution is 7.88. The number of pyridine rings is 1. The van der Waals surface area contributed by atoms with Crippen LogP contribution in [0.2, 0.25) is 0 Å². The quantitative estimate of drug-likeness (QED) is 0.873. The number of benzene rings is 1. The van der Waals surface area contributed by atoms with Crippen LogP contribution in [0.5, 0.6) is 0 Å². The number of rotatable bonds is 3. The van der Waals surface area contributed by atoms with E-state index >= 15 is 0 Å². The van der Waals surface area contributed by atoms with Gasteiger partial charge in [0.2, 0.25) is 10.0 Å². The molecule has 2 aromatic rings. The van der Waals surface area contributed by atoms with Crippen molar-refractivity contribution in [3.63, 3.8) is 0 Å². The summed E-state index contributed by atoms with van der Waals surface area (Å²) in [5, 5.41) is 1.01. The van der Waals surface area contributed by atoms with E-state index in [4.69, 9.17) is 0 Å². The summed E-state index contributed by atoms with van der Waals surface area (Å²) in [6.45, 7) is 0. The van der Waals surface area contributed by atoms with Gasteiger partial charge < -0.3 is 0 Å². The van der Waals surface area contributed by atoms with Crippen molar-refractivity contribution >= 4 is 20.9 Å². The van der Waals surface area contributed by atoms with Crippen LogP contribution in [0.25, 0.3) is 10.9 Å². The zero-order chi connectivity index (χ0) is 11.6. The minimum Gasteiger partial charge on any atom is -0.252 e. The number of hydrogen-bond acceptors (Lipinski definition) is 3. The van der Waals surface area contributed by atoms with Gasteiger partial charge in [0.15, 0.2) is 0 Å². The number of fused-ring (bicyclic) bond motifs is 1. The van der Waals surface area contributed by atoms with Crippen molar-refractivity contribution in [3.8, 4) is 0 Å². The Balaban J connectivity index is 2.40. The smallest absolute Gasteiger partial charge is 0.217 e. The van der Waals surface area contributed by atoms with Gasteiger partial charge >= 0.3 is 0 Å². The third-order valence-electron chi connectivity index (χ3n) is 2.30. The molecule has 1 aromatic carbocycles. The predicted octanol–water partition coefficient (Wildman–Crippen LogP) is 1.28. The molecule has 0 saturated carbocycles. The molecule has 1 heterocycles. The Morgan fingerprint density at radius 2 is 1.94 bits per heavy atom. The molecular formula is C11H12N2O2S. The van der Waals surface area contributed by atoms with E-state index in [9.17, 15) is 8.42 Å². The molecule has 0 spiro atoms. The van der Waals surface area contributed by atoms with Crippen LogP contribution in [0.1, 0.15) is 5.69 Å². The standard InChI is InChI=1S/C11H12N2O2S/c1-12-16(14,15)8-10-7-6-9-4-2-3-5-11(9)13-10/h2-7,12H,8H2,1H3. The Labute approximate surface area is 94.4 Å². The first kappa shape index (κ1) is 11.0. The second-order valence-corrected chi connectivity index (χ2v) is 5.38. The minimum absolute atomic E-state index is 0.0890. The maximum Gasteiger partial charge on any atom is 0.217 e. The van der Waals surface area contributed by atoms with Crippen LogP contribution in [0, 0.1) is 0 Å². The monoisotopic (exact) mass is 236 g/mol. The van der Waals surface area contributed by atoms with Gasteiger partial charge in [0.05, 0.1) is 11.2 Å². The fraction of sp³-hybridized carbons (Fsp3) is 0.182. The van der Waals surface area contributed by atoms with Crippen LogP contribution in [-0.2, 0) is 15.8 Å². The van der Waals surface area contributed by atoms with E-state index in [0.717, 1.165) is 10.9 Å². The van der Waals surface area contributed by atoms with Crippen molar-refractivity contribution in [2.45, 2.75) is 5.75 Å². The summed E-state index contributed by atoms with van der Waals surface area (Å²) in [6.07, 6.45) is 0. The third-order valence-corrected chi connectivity index (χ3v) is 3.60. The second-order valence-electron chi connectivity index (χ2n) is 3.46. The van der Waals surface area contributed by atoms with Gasteiger partial charge in [-0.3, -0.25) is 4.98 Å². The molecule has 5 heteroatoms. The lowest BCUT2D eigenvalue weighted by Crippen LogP contribution is -2.20. The average molecular weight is 236 g/mol. The first-order valence-electron chi connectivity index (χ1n) is 4.86. The minimum atomic E-state index is -3.25. The van der Waals surface area contributed by atoms with Crippen LogP contribution >= 0.6 is 0 Å². The summed E-state index contributed by atoms with van der Waals surface area (Å²) >= 11 is 0. The predicted molar refractivity (Wildman–Crippen MR) is 63.4 cm³/mol. The molecule has 0 aliphatic carbocycles. The Morgan fingerprint density at radius 3 is 2.69 bits per heavy atom. The van der Waals surface area contributed by atoms with Gasteiger partial charge in [-0.15, -0.1) is 0 Å². The Bertz CT molecular complexity index is 608. The fourth-order valence-corrected chi connectivity index (χ4v) is 2.15. The van der Waals surface area contributed by atoms with Gasteiger partial charge in [-0.2, -0.15) is 0 Å². The van der Waals surface area contributed by atoms with Gasteiger partial charge in [-0.1, -0.05) is 24.3 Å². The lowest BCUT2D eigenvalue weighted by atomic mass is 10.2. The average Bonchev–Trinajstić information content (AvgIpc) is 2.28. The molecule has 0 fully saturated rings. The molecule has 1 N–H and O–H groups in total. The number of nitrogens with zero attached hydrogens (tertiary/aromatic N) is 1. The molecular weight excluding hydrogens is 224 g/mol. The van der Waals surface area contributed by atoms with E-state index in [1.165, 1.54) is 7.05 Å². The van der Waals surface area contributed by atoms with Crippen molar-refractivity contribution in [1.82, 2.24) is 9.71 Å². The first-order chi connectivity index (χ1) is 7.61. The van der Waals surface area contributed by atoms with Gasteiger partial charge in [0.1, 0.15) is 5.75 Å². The molecule has 4 nitrogen and oxygen atoms in total. The second kappa shape index (κ2) is 4.19. The Kier molecular flexibility index (Phi) is 2.89. The highest BCUT2D eigenvalue weighted by Crippen LogP contribution is 2.12.